The zero-order chi connectivity index (χ0) is 27.7. The second kappa shape index (κ2) is 13.0. The summed E-state index contributed by atoms with van der Waals surface area (Å²) in [4.78, 5) is 25.2. The Morgan fingerprint density at radius 2 is 1.47 bits per heavy atom. The van der Waals surface area contributed by atoms with E-state index >= 15 is 0 Å². The third kappa shape index (κ3) is 8.29. The second-order valence-corrected chi connectivity index (χ2v) is 8.46. The molecule has 1 atom stereocenters. The van der Waals surface area contributed by atoms with Gasteiger partial charge in [-0.2, -0.15) is 0 Å². The summed E-state index contributed by atoms with van der Waals surface area (Å²) >= 11 is 0. The number of rotatable bonds is 11. The van der Waals surface area contributed by atoms with Crippen LogP contribution in [-0.2, 0) is 11.2 Å². The number of ether oxygens (including phenoxy) is 2. The van der Waals surface area contributed by atoms with Crippen molar-refractivity contribution < 1.29 is 41.0 Å². The van der Waals surface area contributed by atoms with Crippen LogP contribution < -0.4 is 10.1 Å². The summed E-state index contributed by atoms with van der Waals surface area (Å²) in [5.41, 5.74) is 1.41. The van der Waals surface area contributed by atoms with Crippen LogP contribution in [0.15, 0.2) is 66.7 Å². The van der Waals surface area contributed by atoms with Crippen LogP contribution in [-0.4, -0.2) is 30.9 Å². The van der Waals surface area contributed by atoms with Crippen LogP contribution in [0.3, 0.4) is 0 Å². The highest BCUT2D eigenvalue weighted by Crippen LogP contribution is 2.27. The van der Waals surface area contributed by atoms with Gasteiger partial charge in [-0.3, -0.25) is 4.79 Å². The second-order valence-electron chi connectivity index (χ2n) is 8.46. The Kier molecular flexibility index (Phi) is 9.81. The van der Waals surface area contributed by atoms with Crippen molar-refractivity contribution in [3.63, 3.8) is 0 Å². The lowest BCUT2D eigenvalue weighted by Gasteiger charge is -2.18. The van der Waals surface area contributed by atoms with Gasteiger partial charge in [-0.05, 0) is 60.2 Å². The van der Waals surface area contributed by atoms with E-state index in [1.807, 2.05) is 6.92 Å². The summed E-state index contributed by atoms with van der Waals surface area (Å²) in [5.74, 6) is -3.30. The topological polar surface area (TPSA) is 64.6 Å². The summed E-state index contributed by atoms with van der Waals surface area (Å²) < 4.78 is 74.5. The number of carbonyl (C=O) groups excluding carboxylic acids is 2. The number of benzene rings is 3. The van der Waals surface area contributed by atoms with Crippen LogP contribution in [0, 0.1) is 11.6 Å². The molecular weight excluding hydrogens is 509 g/mol. The third-order valence-electron chi connectivity index (χ3n) is 5.65. The van der Waals surface area contributed by atoms with E-state index in [-0.39, 0.29) is 25.2 Å². The number of hydrogen-bond donors (Lipinski definition) is 1. The van der Waals surface area contributed by atoms with Crippen LogP contribution in [0.4, 0.5) is 26.7 Å². The van der Waals surface area contributed by atoms with Crippen molar-refractivity contribution in [1.29, 1.82) is 0 Å². The predicted octanol–water partition coefficient (Wildman–Crippen LogP) is 7.24. The highest BCUT2D eigenvalue weighted by molar-refractivity contribution is 6.02. The van der Waals surface area contributed by atoms with Crippen molar-refractivity contribution in [3.8, 4) is 16.9 Å². The van der Waals surface area contributed by atoms with Gasteiger partial charge in [-0.15, -0.1) is 13.2 Å². The lowest BCUT2D eigenvalue weighted by molar-refractivity contribution is -0.274. The van der Waals surface area contributed by atoms with Gasteiger partial charge in [-0.1, -0.05) is 55.8 Å². The molecule has 1 amide bonds. The van der Waals surface area contributed by atoms with E-state index in [1.54, 1.807) is 24.3 Å². The molecule has 202 valence electrons. The molecule has 0 fully saturated rings. The Hall–Kier alpha value is -3.95. The minimum Gasteiger partial charge on any atom is -0.450 e. The SMILES string of the molecule is CCCCOC(=O)NC(CCc1ccc(-c2ccc(OC(F)(F)F)cc2)cc1)C(=O)c1c(F)cccc1F. The van der Waals surface area contributed by atoms with Gasteiger partial charge < -0.3 is 14.8 Å². The standard InChI is InChI=1S/C28H26F5NO4/c1-2-3-17-37-27(36)34-24(26(35)25-22(29)5-4-6-23(25)30)16-9-18-7-10-19(11-8-18)20-12-14-21(15-13-20)38-28(31,32)33/h4-8,10-15,24H,2-3,9,16-17H2,1H3,(H,34,36). The Morgan fingerprint density at radius 3 is 2.03 bits per heavy atom. The van der Waals surface area contributed by atoms with Crippen LogP contribution in [0.25, 0.3) is 11.1 Å². The molecule has 10 heteroatoms. The molecule has 0 saturated heterocycles. The van der Waals surface area contributed by atoms with Gasteiger partial charge in [0.25, 0.3) is 0 Å². The first-order valence-corrected chi connectivity index (χ1v) is 11.9. The summed E-state index contributed by atoms with van der Waals surface area (Å²) in [6, 6.07) is 14.2. The molecule has 0 heterocycles. The Balaban J connectivity index is 1.70. The predicted molar refractivity (Wildman–Crippen MR) is 131 cm³/mol. The molecule has 0 spiro atoms. The molecule has 0 bridgehead atoms. The molecule has 0 aliphatic carbocycles. The van der Waals surface area contributed by atoms with Gasteiger partial charge in [0.05, 0.1) is 18.2 Å². The maximum absolute atomic E-state index is 14.3. The van der Waals surface area contributed by atoms with Crippen molar-refractivity contribution in [2.75, 3.05) is 6.61 Å². The van der Waals surface area contributed by atoms with E-state index < -0.39 is 41.5 Å². The zero-order valence-electron chi connectivity index (χ0n) is 20.5. The Morgan fingerprint density at radius 1 is 0.895 bits per heavy atom. The fourth-order valence-electron chi connectivity index (χ4n) is 3.69. The molecule has 0 radical (unpaired) electrons. The fraction of sp³-hybridized carbons (Fsp3) is 0.286. The highest BCUT2D eigenvalue weighted by Gasteiger charge is 2.31. The molecule has 38 heavy (non-hydrogen) atoms. The molecule has 3 aromatic carbocycles. The van der Waals surface area contributed by atoms with E-state index in [0.717, 1.165) is 35.7 Å². The third-order valence-corrected chi connectivity index (χ3v) is 5.65. The van der Waals surface area contributed by atoms with Crippen molar-refractivity contribution in [3.05, 3.63) is 89.5 Å². The number of nitrogens with one attached hydrogen (secondary N) is 1. The average Bonchev–Trinajstić information content (AvgIpc) is 2.86. The molecule has 0 aliphatic rings. The minimum atomic E-state index is -4.78. The number of halogens is 5. The number of aryl methyl sites for hydroxylation is 1. The number of unbranched alkanes of at least 4 members (excludes halogenated alkanes) is 1. The van der Waals surface area contributed by atoms with Crippen LogP contribution in [0.1, 0.15) is 42.1 Å². The van der Waals surface area contributed by atoms with E-state index in [9.17, 15) is 31.5 Å². The van der Waals surface area contributed by atoms with Gasteiger partial charge in [0.2, 0.25) is 0 Å². The maximum Gasteiger partial charge on any atom is 0.573 e. The molecule has 0 aromatic heterocycles. The molecule has 0 saturated carbocycles. The lowest BCUT2D eigenvalue weighted by atomic mass is 9.96. The molecule has 3 rings (SSSR count). The van der Waals surface area contributed by atoms with Gasteiger partial charge >= 0.3 is 12.5 Å². The summed E-state index contributed by atoms with van der Waals surface area (Å²) in [6.45, 7) is 2.05. The minimum absolute atomic E-state index is 0.0400. The largest absolute Gasteiger partial charge is 0.573 e. The maximum atomic E-state index is 14.3. The molecule has 1 unspecified atom stereocenters. The van der Waals surface area contributed by atoms with E-state index in [0.29, 0.717) is 12.0 Å². The van der Waals surface area contributed by atoms with Crippen molar-refractivity contribution >= 4 is 11.9 Å². The number of Topliss-reactive ketones (excluding diaryl/α,β-unsaturated/α-hetero) is 1. The van der Waals surface area contributed by atoms with Gasteiger partial charge in [0.1, 0.15) is 17.4 Å². The molecule has 5 nitrogen and oxygen atoms in total. The Bertz CT molecular complexity index is 1210. The summed E-state index contributed by atoms with van der Waals surface area (Å²) in [5, 5.41) is 2.42. The number of alkyl carbamates (subject to hydrolysis) is 1. The van der Waals surface area contributed by atoms with Crippen molar-refractivity contribution in [2.24, 2.45) is 0 Å². The molecule has 3 aromatic rings. The van der Waals surface area contributed by atoms with Crippen LogP contribution in [0.5, 0.6) is 5.75 Å². The summed E-state index contributed by atoms with van der Waals surface area (Å²) in [6.07, 6.45) is -3.90. The van der Waals surface area contributed by atoms with Crippen molar-refractivity contribution in [1.82, 2.24) is 5.32 Å². The van der Waals surface area contributed by atoms with E-state index in [2.05, 4.69) is 10.1 Å². The first-order valence-electron chi connectivity index (χ1n) is 11.9. The quantitative estimate of drug-likeness (QED) is 0.160. The van der Waals surface area contributed by atoms with Crippen LogP contribution >= 0.6 is 0 Å². The first kappa shape index (κ1) is 28.6. The number of amides is 1. The molecule has 0 aliphatic heterocycles. The monoisotopic (exact) mass is 535 g/mol. The van der Waals surface area contributed by atoms with Gasteiger partial charge in [0.15, 0.2) is 5.78 Å². The van der Waals surface area contributed by atoms with Gasteiger partial charge in [0, 0.05) is 0 Å². The fourth-order valence-corrected chi connectivity index (χ4v) is 3.69. The number of alkyl halides is 3. The van der Waals surface area contributed by atoms with Crippen LogP contribution in [0.2, 0.25) is 0 Å². The van der Waals surface area contributed by atoms with E-state index in [4.69, 9.17) is 4.74 Å². The number of hydrogen-bond acceptors (Lipinski definition) is 4. The van der Waals surface area contributed by atoms with Crippen molar-refractivity contribution in [2.45, 2.75) is 45.0 Å². The number of ketones is 1. The summed E-state index contributed by atoms with van der Waals surface area (Å²) in [7, 11) is 0. The highest BCUT2D eigenvalue weighted by atomic mass is 19.4. The zero-order valence-corrected chi connectivity index (χ0v) is 20.5. The normalized spacial score (nSPS) is 12.1. The lowest BCUT2D eigenvalue weighted by Crippen LogP contribution is -2.42. The molecular formula is C28H26F5NO4. The average molecular weight is 536 g/mol. The molecule has 1 N–H and O–H groups in total. The Labute approximate surface area is 216 Å². The number of carbonyl (C=O) groups is 2. The van der Waals surface area contributed by atoms with Gasteiger partial charge in [-0.25, -0.2) is 13.6 Å². The van der Waals surface area contributed by atoms with E-state index in [1.165, 1.54) is 24.3 Å². The first-order chi connectivity index (χ1) is 18.1. The smallest absolute Gasteiger partial charge is 0.450 e.